The van der Waals surface area contributed by atoms with Crippen LogP contribution in [0.3, 0.4) is 0 Å². The van der Waals surface area contributed by atoms with Crippen LogP contribution in [0.25, 0.3) is 0 Å². The fraction of sp³-hybridized carbons (Fsp3) is 0.773. The number of carbonyl (C=O) groups excluding carboxylic acids is 2. The summed E-state index contributed by atoms with van der Waals surface area (Å²) in [5.74, 6) is -2.61. The van der Waals surface area contributed by atoms with Crippen molar-refractivity contribution in [2.45, 2.75) is 90.2 Å². The first-order chi connectivity index (χ1) is 16.1. The van der Waals surface area contributed by atoms with Crippen molar-refractivity contribution in [3.05, 3.63) is 12.2 Å². The second-order valence-corrected chi connectivity index (χ2v) is 9.36. The second-order valence-electron chi connectivity index (χ2n) is 7.91. The number of carboxylic acid groups (broad SMARTS) is 1. The Bertz CT molecular complexity index is 670. The normalized spacial score (nSPS) is 14.9. The lowest BCUT2D eigenvalue weighted by atomic mass is 10.1. The van der Waals surface area contributed by atoms with Gasteiger partial charge in [0.25, 0.3) is 0 Å². The summed E-state index contributed by atoms with van der Waals surface area (Å²) in [6, 6.07) is -1.54. The average Bonchev–Trinajstić information content (AvgIpc) is 2.77. The Labute approximate surface area is 201 Å². The van der Waals surface area contributed by atoms with Gasteiger partial charge in [-0.05, 0) is 25.7 Å². The van der Waals surface area contributed by atoms with Gasteiger partial charge in [-0.25, -0.2) is 9.36 Å². The number of nitrogens with one attached hydrogen (secondary N) is 1. The number of rotatable bonds is 21. The summed E-state index contributed by atoms with van der Waals surface area (Å²) >= 11 is 0. The zero-order chi connectivity index (χ0) is 25.8. The smallest absolute Gasteiger partial charge is 0.472 e. The molecule has 3 unspecified atom stereocenters. The van der Waals surface area contributed by atoms with Crippen LogP contribution in [-0.2, 0) is 32.7 Å². The maximum absolute atomic E-state index is 11.8. The van der Waals surface area contributed by atoms with Crippen LogP contribution in [0.1, 0.15) is 78.1 Å². The quantitative estimate of drug-likeness (QED) is 0.0780. The number of ether oxygens (including phenoxy) is 1. The molecule has 0 spiro atoms. The summed E-state index contributed by atoms with van der Waals surface area (Å²) in [5, 5.41) is 20.7. The molecule has 0 aliphatic carbocycles. The zero-order valence-electron chi connectivity index (χ0n) is 20.1. The highest BCUT2D eigenvalue weighted by Gasteiger charge is 2.28. The van der Waals surface area contributed by atoms with E-state index < -0.39 is 57.6 Å². The molecule has 0 aliphatic heterocycles. The number of hydrogen-bond acceptors (Lipinski definition) is 8. The number of phosphoric acid groups is 1. The third-order valence-electron chi connectivity index (χ3n) is 4.59. The Morgan fingerprint density at radius 2 is 1.53 bits per heavy atom. The van der Waals surface area contributed by atoms with Gasteiger partial charge in [0.2, 0.25) is 5.91 Å². The van der Waals surface area contributed by atoms with E-state index in [0.29, 0.717) is 6.42 Å². The van der Waals surface area contributed by atoms with Gasteiger partial charge in [0.1, 0.15) is 12.7 Å². The van der Waals surface area contributed by atoms with E-state index in [1.54, 1.807) is 0 Å². The molecular weight excluding hydrogens is 469 g/mol. The van der Waals surface area contributed by atoms with Crippen molar-refractivity contribution in [3.8, 4) is 0 Å². The Balaban J connectivity index is 3.89. The molecule has 0 aromatic rings. The number of hydrogen-bond donors (Lipinski definition) is 4. The number of amides is 1. The third kappa shape index (κ3) is 19.7. The topological polar surface area (TPSA) is 169 Å². The van der Waals surface area contributed by atoms with Crippen LogP contribution < -0.4 is 5.32 Å². The molecule has 1 amide bonds. The molecule has 0 aliphatic rings. The maximum atomic E-state index is 11.8. The van der Waals surface area contributed by atoms with Crippen LogP contribution in [0.4, 0.5) is 0 Å². The average molecular weight is 510 g/mol. The minimum absolute atomic E-state index is 0.214. The second kappa shape index (κ2) is 19.5. The molecule has 198 valence electrons. The minimum atomic E-state index is -4.69. The Morgan fingerprint density at radius 3 is 2.15 bits per heavy atom. The van der Waals surface area contributed by atoms with E-state index in [0.717, 1.165) is 45.4 Å². The van der Waals surface area contributed by atoms with E-state index in [9.17, 15) is 28.9 Å². The number of carboxylic acids is 1. The van der Waals surface area contributed by atoms with Crippen molar-refractivity contribution >= 4 is 25.7 Å². The lowest BCUT2D eigenvalue weighted by Gasteiger charge is -2.18. The van der Waals surface area contributed by atoms with E-state index in [2.05, 4.69) is 28.1 Å². The number of allylic oxidation sites excluding steroid dienone is 2. The van der Waals surface area contributed by atoms with Crippen LogP contribution in [0.5, 0.6) is 0 Å². The molecule has 0 radical (unpaired) electrons. The van der Waals surface area contributed by atoms with Crippen molar-refractivity contribution in [1.82, 2.24) is 5.32 Å². The van der Waals surface area contributed by atoms with Gasteiger partial charge in [-0.15, -0.1) is 0 Å². The molecule has 0 saturated carbocycles. The molecule has 34 heavy (non-hydrogen) atoms. The molecule has 0 aromatic carbocycles. The summed E-state index contributed by atoms with van der Waals surface area (Å²) in [6.45, 7) is 1.34. The predicted molar refractivity (Wildman–Crippen MR) is 125 cm³/mol. The van der Waals surface area contributed by atoms with Crippen molar-refractivity contribution in [3.63, 3.8) is 0 Å². The van der Waals surface area contributed by atoms with Gasteiger partial charge in [0, 0.05) is 13.3 Å². The first kappa shape index (κ1) is 32.2. The van der Waals surface area contributed by atoms with Crippen molar-refractivity contribution in [2.24, 2.45) is 0 Å². The van der Waals surface area contributed by atoms with Crippen LogP contribution in [-0.4, -0.2) is 64.9 Å². The fourth-order valence-electron chi connectivity index (χ4n) is 2.74. The molecule has 0 aromatic heterocycles. The lowest BCUT2D eigenvalue weighted by molar-refractivity contribution is -0.147. The van der Waals surface area contributed by atoms with E-state index in [-0.39, 0.29) is 6.42 Å². The monoisotopic (exact) mass is 509 g/mol. The SMILES string of the molecule is CCCC/C=C\CCCCCCCC(=O)OCC(O)COP(=O)(O)OCC(NC(C)=O)C(=O)O. The fourth-order valence-corrected chi connectivity index (χ4v) is 3.51. The van der Waals surface area contributed by atoms with Crippen LogP contribution in [0.15, 0.2) is 12.2 Å². The Hall–Kier alpha value is -1.78. The van der Waals surface area contributed by atoms with Gasteiger partial charge in [-0.1, -0.05) is 51.2 Å². The van der Waals surface area contributed by atoms with Gasteiger partial charge in [0.15, 0.2) is 6.04 Å². The van der Waals surface area contributed by atoms with E-state index in [1.165, 1.54) is 12.8 Å². The van der Waals surface area contributed by atoms with Crippen LogP contribution in [0, 0.1) is 0 Å². The number of aliphatic carboxylic acids is 1. The number of phosphoric ester groups is 1. The summed E-state index contributed by atoms with van der Waals surface area (Å²) in [4.78, 5) is 43.2. The van der Waals surface area contributed by atoms with Gasteiger partial charge < -0.3 is 25.2 Å². The van der Waals surface area contributed by atoms with Crippen LogP contribution in [0.2, 0.25) is 0 Å². The molecule has 0 bridgehead atoms. The predicted octanol–water partition coefficient (Wildman–Crippen LogP) is 3.09. The molecule has 3 atom stereocenters. The first-order valence-corrected chi connectivity index (χ1v) is 13.2. The van der Waals surface area contributed by atoms with E-state index in [4.69, 9.17) is 9.84 Å². The Morgan fingerprint density at radius 1 is 0.941 bits per heavy atom. The van der Waals surface area contributed by atoms with Crippen molar-refractivity contribution in [1.29, 1.82) is 0 Å². The number of esters is 1. The van der Waals surface area contributed by atoms with Crippen molar-refractivity contribution in [2.75, 3.05) is 19.8 Å². The molecular formula is C22H40NO10P. The number of aliphatic hydroxyl groups excluding tert-OH is 1. The van der Waals surface area contributed by atoms with Crippen LogP contribution >= 0.6 is 7.82 Å². The highest BCUT2D eigenvalue weighted by atomic mass is 31.2. The summed E-state index contributed by atoms with van der Waals surface area (Å²) in [5.41, 5.74) is 0. The van der Waals surface area contributed by atoms with E-state index >= 15 is 0 Å². The number of carbonyl (C=O) groups is 3. The molecule has 0 saturated heterocycles. The first-order valence-electron chi connectivity index (χ1n) is 11.7. The lowest BCUT2D eigenvalue weighted by Crippen LogP contribution is -2.42. The Kier molecular flexibility index (Phi) is 18.5. The minimum Gasteiger partial charge on any atom is -0.480 e. The third-order valence-corrected chi connectivity index (χ3v) is 5.54. The van der Waals surface area contributed by atoms with Gasteiger partial charge in [-0.2, -0.15) is 0 Å². The van der Waals surface area contributed by atoms with Gasteiger partial charge in [0.05, 0.1) is 13.2 Å². The summed E-state index contributed by atoms with van der Waals surface area (Å²) < 4.78 is 25.8. The summed E-state index contributed by atoms with van der Waals surface area (Å²) in [6.07, 6.45) is 12.8. The standard InChI is InChI=1S/C22H40NO10P/c1-3-4-5-6-7-8-9-10-11-12-13-14-21(26)31-15-19(25)16-32-34(29,30)33-17-20(22(27)28)23-18(2)24/h6-7,19-20,25H,3-5,8-17H2,1-2H3,(H,23,24)(H,27,28)(H,29,30)/b7-6-. The molecule has 12 heteroatoms. The molecule has 0 fully saturated rings. The number of unbranched alkanes of at least 4 members (excludes halogenated alkanes) is 7. The summed E-state index contributed by atoms with van der Waals surface area (Å²) in [7, 11) is -4.69. The van der Waals surface area contributed by atoms with E-state index in [1.807, 2.05) is 5.32 Å². The van der Waals surface area contributed by atoms with Gasteiger partial charge >= 0.3 is 19.8 Å². The maximum Gasteiger partial charge on any atom is 0.472 e. The zero-order valence-corrected chi connectivity index (χ0v) is 21.0. The number of aliphatic hydroxyl groups is 1. The largest absolute Gasteiger partial charge is 0.480 e. The molecule has 0 rings (SSSR count). The molecule has 11 nitrogen and oxygen atoms in total. The van der Waals surface area contributed by atoms with Crippen molar-refractivity contribution < 1.29 is 47.8 Å². The molecule has 4 N–H and O–H groups in total. The highest BCUT2D eigenvalue weighted by Crippen LogP contribution is 2.43. The van der Waals surface area contributed by atoms with Gasteiger partial charge in [-0.3, -0.25) is 18.6 Å². The highest BCUT2D eigenvalue weighted by molar-refractivity contribution is 7.47. The molecule has 0 heterocycles.